The van der Waals surface area contributed by atoms with Gasteiger partial charge in [0.05, 0.1) is 13.2 Å². The number of hydrogen-bond donors (Lipinski definition) is 2. The number of carbonyl (C=O) groups is 2. The molecule has 0 aromatic heterocycles. The number of hydroxylamine groups is 1. The summed E-state index contributed by atoms with van der Waals surface area (Å²) in [7, 11) is -4.13. The zero-order chi connectivity index (χ0) is 23.9. The van der Waals surface area contributed by atoms with Crippen molar-refractivity contribution in [2.45, 2.75) is 52.8 Å². The van der Waals surface area contributed by atoms with Gasteiger partial charge in [-0.3, -0.25) is 14.4 Å². The van der Waals surface area contributed by atoms with E-state index in [9.17, 15) is 18.0 Å². The fourth-order valence-electron chi connectivity index (χ4n) is 3.39. The van der Waals surface area contributed by atoms with Gasteiger partial charge in [-0.2, -0.15) is 12.7 Å². The van der Waals surface area contributed by atoms with Crippen molar-refractivity contribution < 1.29 is 22.8 Å². The van der Waals surface area contributed by atoms with Gasteiger partial charge in [-0.1, -0.05) is 74.6 Å². The maximum atomic E-state index is 13.5. The Morgan fingerprint density at radius 2 is 1.72 bits per heavy atom. The number of nitrogens with zero attached hydrogens (tertiary/aromatic N) is 2. The monoisotopic (exact) mass is 466 g/mol. The second-order valence-corrected chi connectivity index (χ2v) is 10.3. The first-order chi connectivity index (χ1) is 15.0. The molecular weight excluding hydrogens is 432 g/mol. The lowest BCUT2D eigenvalue weighted by Crippen LogP contribution is -2.57. The van der Waals surface area contributed by atoms with Crippen molar-refractivity contribution in [2.24, 2.45) is 17.6 Å². The summed E-state index contributed by atoms with van der Waals surface area (Å²) >= 11 is 0. The summed E-state index contributed by atoms with van der Waals surface area (Å²) in [5.41, 5.74) is 6.26. The smallest absolute Gasteiger partial charge is 0.305 e. The number of carbonyl (C=O) groups excluding carboxylic acids is 2. The molecule has 0 fully saturated rings. The van der Waals surface area contributed by atoms with E-state index >= 15 is 0 Å². The predicted octanol–water partition coefficient (Wildman–Crippen LogP) is 1.58. The molecule has 0 saturated heterocycles. The molecule has 32 heavy (non-hydrogen) atoms. The minimum Gasteiger partial charge on any atom is -0.368 e. The first-order valence-corrected chi connectivity index (χ1v) is 12.1. The maximum Gasteiger partial charge on any atom is 0.305 e. The van der Waals surface area contributed by atoms with Crippen LogP contribution in [-0.2, 0) is 31.2 Å². The summed E-state index contributed by atoms with van der Waals surface area (Å²) < 4.78 is 28.9. The summed E-state index contributed by atoms with van der Waals surface area (Å²) in [5.74, 6) is -1.43. The Hall–Kier alpha value is -2.27. The van der Waals surface area contributed by atoms with Crippen LogP contribution in [0.15, 0.2) is 42.5 Å². The molecule has 0 spiro atoms. The minimum absolute atomic E-state index is 0.0151. The summed E-state index contributed by atoms with van der Waals surface area (Å²) in [6.07, 6.45) is 3.65. The van der Waals surface area contributed by atoms with Crippen LogP contribution in [0, 0.1) is 11.8 Å². The molecule has 2 amide bonds. The lowest BCUT2D eigenvalue weighted by Gasteiger charge is -2.33. The molecule has 2 rings (SSSR count). The van der Waals surface area contributed by atoms with E-state index in [1.165, 1.54) is 0 Å². The van der Waals surface area contributed by atoms with E-state index in [1.807, 2.05) is 44.2 Å². The molecule has 1 aliphatic rings. The van der Waals surface area contributed by atoms with Crippen LogP contribution in [0.3, 0.4) is 0 Å². The van der Waals surface area contributed by atoms with Gasteiger partial charge in [0, 0.05) is 6.54 Å². The first-order valence-electron chi connectivity index (χ1n) is 10.7. The Labute approximate surface area is 190 Å². The van der Waals surface area contributed by atoms with E-state index in [4.69, 9.17) is 10.6 Å². The van der Waals surface area contributed by atoms with E-state index in [2.05, 4.69) is 5.32 Å². The molecule has 1 aromatic rings. The number of nitrogens with two attached hydrogens (primary N) is 1. The average Bonchev–Trinajstić information content (AvgIpc) is 2.86. The summed E-state index contributed by atoms with van der Waals surface area (Å²) in [6.45, 7) is 7.44. The van der Waals surface area contributed by atoms with Crippen molar-refractivity contribution in [1.82, 2.24) is 14.1 Å². The van der Waals surface area contributed by atoms with Gasteiger partial charge in [0.2, 0.25) is 11.8 Å². The summed E-state index contributed by atoms with van der Waals surface area (Å²) in [6, 6.07) is 7.30. The second kappa shape index (κ2) is 11.6. The highest BCUT2D eigenvalue weighted by Crippen LogP contribution is 2.22. The van der Waals surface area contributed by atoms with Gasteiger partial charge in [0.15, 0.2) is 0 Å². The van der Waals surface area contributed by atoms with E-state index in [0.29, 0.717) is 0 Å². The van der Waals surface area contributed by atoms with Gasteiger partial charge in [-0.25, -0.2) is 0 Å². The largest absolute Gasteiger partial charge is 0.368 e. The van der Waals surface area contributed by atoms with Gasteiger partial charge in [0.25, 0.3) is 0 Å². The van der Waals surface area contributed by atoms with E-state index in [0.717, 1.165) is 14.3 Å². The SMILES string of the molecule is CC(C)C[C@H](C(=O)N[C@H](C(N)=O)C(C)C)N1CC=CCN(OCc2ccccc2)S1(=O)=O. The van der Waals surface area contributed by atoms with Crippen LogP contribution in [0.1, 0.15) is 39.7 Å². The molecule has 178 valence electrons. The quantitative estimate of drug-likeness (QED) is 0.507. The number of nitrogens with one attached hydrogen (secondary N) is 1. The van der Waals surface area contributed by atoms with Crippen LogP contribution in [0.25, 0.3) is 0 Å². The van der Waals surface area contributed by atoms with E-state index in [-0.39, 0.29) is 38.0 Å². The third-order valence-corrected chi connectivity index (χ3v) is 6.86. The van der Waals surface area contributed by atoms with E-state index in [1.54, 1.807) is 26.0 Å². The topological polar surface area (TPSA) is 122 Å². The van der Waals surface area contributed by atoms with Gasteiger partial charge >= 0.3 is 10.2 Å². The van der Waals surface area contributed by atoms with Crippen molar-refractivity contribution in [3.05, 3.63) is 48.0 Å². The van der Waals surface area contributed by atoms with Gasteiger partial charge < -0.3 is 11.1 Å². The van der Waals surface area contributed by atoms with Crippen LogP contribution >= 0.6 is 0 Å². The third kappa shape index (κ3) is 6.86. The Balaban J connectivity index is 2.29. The fraction of sp³-hybridized carbons (Fsp3) is 0.545. The number of rotatable bonds is 10. The summed E-state index contributed by atoms with van der Waals surface area (Å²) in [4.78, 5) is 30.6. The van der Waals surface area contributed by atoms with Gasteiger partial charge in [0.1, 0.15) is 12.1 Å². The van der Waals surface area contributed by atoms with Gasteiger partial charge in [-0.15, -0.1) is 0 Å². The first kappa shape index (κ1) is 26.0. The number of benzene rings is 1. The van der Waals surface area contributed by atoms with Crippen molar-refractivity contribution in [2.75, 3.05) is 13.1 Å². The van der Waals surface area contributed by atoms with Gasteiger partial charge in [-0.05, 0) is 23.8 Å². The van der Waals surface area contributed by atoms with Crippen molar-refractivity contribution >= 4 is 22.0 Å². The molecular formula is C22H34N4O5S. The molecule has 0 saturated carbocycles. The number of amides is 2. The summed E-state index contributed by atoms with van der Waals surface area (Å²) in [5, 5.41) is 2.65. The third-order valence-electron chi connectivity index (χ3n) is 5.09. The zero-order valence-corrected chi connectivity index (χ0v) is 19.9. The Morgan fingerprint density at radius 1 is 1.09 bits per heavy atom. The Kier molecular flexibility index (Phi) is 9.38. The molecule has 0 radical (unpaired) electrons. The minimum atomic E-state index is -4.13. The van der Waals surface area contributed by atoms with Crippen LogP contribution in [0.2, 0.25) is 0 Å². The highest BCUT2D eigenvalue weighted by Gasteiger charge is 2.40. The van der Waals surface area contributed by atoms with Crippen molar-refractivity contribution in [3.63, 3.8) is 0 Å². The predicted molar refractivity (Wildman–Crippen MR) is 122 cm³/mol. The molecule has 0 unspecified atom stereocenters. The number of hydrogen-bond acceptors (Lipinski definition) is 5. The van der Waals surface area contributed by atoms with Crippen LogP contribution in [0.5, 0.6) is 0 Å². The maximum absolute atomic E-state index is 13.5. The van der Waals surface area contributed by atoms with Crippen LogP contribution < -0.4 is 11.1 Å². The molecule has 2 atom stereocenters. The van der Waals surface area contributed by atoms with Crippen LogP contribution in [-0.4, -0.2) is 54.2 Å². The lowest BCUT2D eigenvalue weighted by molar-refractivity contribution is -0.131. The molecule has 3 N–H and O–H groups in total. The number of primary amides is 1. The van der Waals surface area contributed by atoms with Crippen molar-refractivity contribution in [1.29, 1.82) is 0 Å². The lowest BCUT2D eigenvalue weighted by atomic mass is 10.00. The van der Waals surface area contributed by atoms with E-state index < -0.39 is 34.1 Å². The molecule has 0 bridgehead atoms. The fourth-order valence-corrected chi connectivity index (χ4v) is 4.86. The Bertz CT molecular complexity index is 902. The van der Waals surface area contributed by atoms with Crippen molar-refractivity contribution in [3.8, 4) is 0 Å². The Morgan fingerprint density at radius 3 is 2.28 bits per heavy atom. The molecule has 9 nitrogen and oxygen atoms in total. The standard InChI is InChI=1S/C22H34N4O5S/c1-16(2)14-19(22(28)24-20(17(3)4)21(23)27)25-12-8-9-13-26(32(25,29)30)31-15-18-10-6-5-7-11-18/h5-11,16-17,19-20H,12-15H2,1-4H3,(H2,23,27)(H,24,28)/t19-,20+/m1/s1. The molecule has 10 heteroatoms. The van der Waals surface area contributed by atoms with Crippen LogP contribution in [0.4, 0.5) is 0 Å². The zero-order valence-electron chi connectivity index (χ0n) is 19.1. The average molecular weight is 467 g/mol. The molecule has 1 heterocycles. The molecule has 0 aliphatic carbocycles. The molecule has 1 aromatic carbocycles. The molecule has 1 aliphatic heterocycles. The normalized spacial score (nSPS) is 18.9. The second-order valence-electron chi connectivity index (χ2n) is 8.57. The highest BCUT2D eigenvalue weighted by atomic mass is 32.2. The highest BCUT2D eigenvalue weighted by molar-refractivity contribution is 7.86.